The van der Waals surface area contributed by atoms with Crippen molar-refractivity contribution in [2.75, 3.05) is 42.6 Å². The van der Waals surface area contributed by atoms with Gasteiger partial charge < -0.3 is 15.7 Å². The van der Waals surface area contributed by atoms with Gasteiger partial charge in [-0.05, 0) is 125 Å². The van der Waals surface area contributed by atoms with Gasteiger partial charge in [0.1, 0.15) is 12.8 Å². The predicted octanol–water partition coefficient (Wildman–Crippen LogP) is 9.38. The maximum Gasteiger partial charge on any atom is 0.264 e. The molecule has 14 heteroatoms. The van der Waals surface area contributed by atoms with Crippen molar-refractivity contribution in [3.05, 3.63) is 124 Å². The van der Waals surface area contributed by atoms with Crippen molar-refractivity contribution in [2.45, 2.75) is 126 Å². The second-order valence-electron chi connectivity index (χ2n) is 18.5. The van der Waals surface area contributed by atoms with E-state index in [9.17, 15) is 31.0 Å². The van der Waals surface area contributed by atoms with Crippen molar-refractivity contribution >= 4 is 49.1 Å². The van der Waals surface area contributed by atoms with E-state index in [2.05, 4.69) is 115 Å². The van der Waals surface area contributed by atoms with Gasteiger partial charge in [-0.3, -0.25) is 14.4 Å². The monoisotopic (exact) mass is 933 g/mol. The Kier molecular flexibility index (Phi) is 17.0. The van der Waals surface area contributed by atoms with Gasteiger partial charge in [0, 0.05) is 57.6 Å². The molecule has 0 fully saturated rings. The van der Waals surface area contributed by atoms with E-state index in [4.69, 9.17) is 5.73 Å². The highest BCUT2D eigenvalue weighted by Gasteiger charge is 2.45. The largest absolute Gasteiger partial charge is 0.374 e. The first-order chi connectivity index (χ1) is 30.4. The summed E-state index contributed by atoms with van der Waals surface area (Å²) in [4.78, 5) is 4.73. The quantitative estimate of drug-likeness (QED) is 0.0265. The zero-order chi connectivity index (χ0) is 46.1. The predicted molar refractivity (Wildman–Crippen MR) is 262 cm³/mol. The molecule has 2 heterocycles. The van der Waals surface area contributed by atoms with Gasteiger partial charge in [-0.2, -0.15) is 21.4 Å². The maximum atomic E-state index is 11.6. The van der Waals surface area contributed by atoms with E-state index in [1.54, 1.807) is 11.8 Å². The zero-order valence-corrected chi connectivity index (χ0v) is 40.5. The Balaban J connectivity index is 1.34. The van der Waals surface area contributed by atoms with Crippen molar-refractivity contribution in [1.82, 2.24) is 5.32 Å². The van der Waals surface area contributed by atoms with Gasteiger partial charge in [0.25, 0.3) is 20.2 Å². The fourth-order valence-corrected chi connectivity index (χ4v) is 11.9. The highest BCUT2D eigenvalue weighted by molar-refractivity contribution is 8.03. The highest BCUT2D eigenvalue weighted by Crippen LogP contribution is 2.48. The zero-order valence-electron chi connectivity index (χ0n) is 38.0. The van der Waals surface area contributed by atoms with Gasteiger partial charge in [-0.15, -0.1) is 0 Å². The van der Waals surface area contributed by atoms with Crippen LogP contribution in [0.3, 0.4) is 0 Å². The standard InChI is InChI=1S/C50H68N4O7S3/c1-49(2)41-19-6-8-21-43(41)53(33-12-14-35-63(56,57)58)45(49)29-25-37-17-16-18-38(47(37)62-40-27-23-39(24-28-40)48(55)52-32-11-5-10-31-51)26-30-46-50(3,4)42-20-7-9-22-44(42)54(46)34-13-15-36-64(59,60)61/h6-9,19-29,46,48,52,55H,5,10-18,30-36,51H2,1-4H3,(H-,56,57,58,59,60,61)/p+1/b29-25+,38-26+. The molecule has 2 aliphatic heterocycles. The molecule has 64 heavy (non-hydrogen) atoms. The van der Waals surface area contributed by atoms with Crippen LogP contribution in [0.4, 0.5) is 11.4 Å². The van der Waals surface area contributed by atoms with Crippen LogP contribution in [0.1, 0.15) is 121 Å². The van der Waals surface area contributed by atoms with Crippen molar-refractivity contribution in [1.29, 1.82) is 0 Å². The molecule has 6 rings (SSSR count). The van der Waals surface area contributed by atoms with E-state index < -0.39 is 26.5 Å². The number of thioether (sulfide) groups is 1. The first-order valence-corrected chi connectivity index (χ1v) is 26.9. The van der Waals surface area contributed by atoms with Crippen LogP contribution in [0.2, 0.25) is 0 Å². The normalized spacial score (nSPS) is 19.5. The number of nitrogens with two attached hydrogens (primary N) is 1. The number of benzene rings is 3. The fraction of sp³-hybridized carbons (Fsp3) is 0.500. The second kappa shape index (κ2) is 21.8. The van der Waals surface area contributed by atoms with Crippen molar-refractivity contribution in [2.24, 2.45) is 5.73 Å². The lowest BCUT2D eigenvalue weighted by Gasteiger charge is -2.34. The van der Waals surface area contributed by atoms with Gasteiger partial charge in [0.15, 0.2) is 5.71 Å². The average molecular weight is 934 g/mol. The molecular weight excluding hydrogens is 865 g/mol. The van der Waals surface area contributed by atoms with E-state index in [1.807, 2.05) is 18.2 Å². The molecule has 1 aliphatic carbocycles. The van der Waals surface area contributed by atoms with E-state index >= 15 is 0 Å². The number of fused-ring (bicyclic) bond motifs is 2. The molecule has 0 aromatic heterocycles. The molecule has 0 saturated carbocycles. The summed E-state index contributed by atoms with van der Waals surface area (Å²) in [6.45, 7) is 11.8. The van der Waals surface area contributed by atoms with E-state index in [-0.39, 0.29) is 28.4 Å². The molecule has 348 valence electrons. The van der Waals surface area contributed by atoms with Crippen LogP contribution in [0.25, 0.3) is 0 Å². The van der Waals surface area contributed by atoms with E-state index in [0.29, 0.717) is 51.9 Å². The Morgan fingerprint density at radius 2 is 1.50 bits per heavy atom. The Bertz CT molecular complexity index is 2440. The second-order valence-corrected chi connectivity index (χ2v) is 22.7. The Hall–Kier alpha value is -3.60. The fourth-order valence-electron chi connectivity index (χ4n) is 9.67. The Morgan fingerprint density at radius 3 is 2.20 bits per heavy atom. The number of aliphatic hydroxyl groups is 1. The molecule has 0 bridgehead atoms. The molecule has 3 aromatic carbocycles. The van der Waals surface area contributed by atoms with Crippen LogP contribution in [-0.2, 0) is 31.1 Å². The van der Waals surface area contributed by atoms with Crippen molar-refractivity contribution in [3.63, 3.8) is 0 Å². The molecule has 3 aliphatic rings. The average Bonchev–Trinajstić information content (AvgIpc) is 3.60. The van der Waals surface area contributed by atoms with Crippen LogP contribution in [0.5, 0.6) is 0 Å². The molecule has 3 aromatic rings. The molecular formula is C50H69N4O7S3+. The third kappa shape index (κ3) is 12.6. The number of unbranched alkanes of at least 4 members (excludes halogenated alkanes) is 4. The smallest absolute Gasteiger partial charge is 0.264 e. The molecule has 2 unspecified atom stereocenters. The summed E-state index contributed by atoms with van der Waals surface area (Å²) in [5.74, 6) is -0.510. The summed E-state index contributed by atoms with van der Waals surface area (Å²) in [5, 5.41) is 14.2. The number of hydrogen-bond acceptors (Lipinski definition) is 9. The van der Waals surface area contributed by atoms with Crippen LogP contribution >= 0.6 is 11.8 Å². The van der Waals surface area contributed by atoms with Crippen LogP contribution < -0.4 is 16.0 Å². The highest BCUT2D eigenvalue weighted by atomic mass is 32.2. The topological polar surface area (TPSA) is 173 Å². The van der Waals surface area contributed by atoms with Crippen LogP contribution in [-0.4, -0.2) is 85.1 Å². The molecule has 0 spiro atoms. The van der Waals surface area contributed by atoms with E-state index in [0.717, 1.165) is 66.8 Å². The van der Waals surface area contributed by atoms with Gasteiger partial charge in [-0.1, -0.05) is 92.7 Å². The summed E-state index contributed by atoms with van der Waals surface area (Å²) < 4.78 is 67.3. The number of rotatable bonds is 23. The summed E-state index contributed by atoms with van der Waals surface area (Å²) >= 11 is 1.76. The minimum absolute atomic E-state index is 0.126. The molecule has 11 nitrogen and oxygen atoms in total. The minimum Gasteiger partial charge on any atom is -0.374 e. The van der Waals surface area contributed by atoms with Crippen LogP contribution in [0.15, 0.2) is 112 Å². The third-order valence-electron chi connectivity index (χ3n) is 13.1. The number of anilines is 1. The lowest BCUT2D eigenvalue weighted by Crippen LogP contribution is -2.41. The molecule has 0 radical (unpaired) electrons. The SMILES string of the molecule is CC1(C)C(/C=C/C2=C(Sc3ccc(C(O)NCCCCCN)cc3)C(=C/CC3N(CCCCS(=O)(=O)O)c4ccccc4C3(C)C)/CCC2)=[N+](CCCCS(=O)(=O)O)c2ccccc21. The van der Waals surface area contributed by atoms with Gasteiger partial charge in [0.2, 0.25) is 5.69 Å². The van der Waals surface area contributed by atoms with Gasteiger partial charge in [-0.25, -0.2) is 0 Å². The van der Waals surface area contributed by atoms with Gasteiger partial charge in [0.05, 0.1) is 16.9 Å². The summed E-state index contributed by atoms with van der Waals surface area (Å²) in [6.07, 6.45) is 14.7. The molecule has 2 atom stereocenters. The Labute approximate surface area is 386 Å². The van der Waals surface area contributed by atoms with Crippen LogP contribution in [0, 0.1) is 0 Å². The molecule has 6 N–H and O–H groups in total. The number of nitrogens with zero attached hydrogens (tertiary/aromatic N) is 2. The third-order valence-corrected chi connectivity index (χ3v) is 16.0. The van der Waals surface area contributed by atoms with E-state index in [1.165, 1.54) is 32.9 Å². The van der Waals surface area contributed by atoms with Gasteiger partial charge >= 0.3 is 0 Å². The summed E-state index contributed by atoms with van der Waals surface area (Å²) in [7, 11) is -8.07. The lowest BCUT2D eigenvalue weighted by atomic mass is 9.78. The van der Waals surface area contributed by atoms with Crippen molar-refractivity contribution in [3.8, 4) is 0 Å². The number of para-hydroxylation sites is 2. The van der Waals surface area contributed by atoms with Crippen molar-refractivity contribution < 1.29 is 35.6 Å². The lowest BCUT2D eigenvalue weighted by molar-refractivity contribution is -0.438. The first kappa shape index (κ1) is 49.8. The number of allylic oxidation sites excluding steroid dienone is 4. The number of nitrogens with one attached hydrogen (secondary N) is 1. The molecule has 0 saturated heterocycles. The summed E-state index contributed by atoms with van der Waals surface area (Å²) in [6, 6.07) is 25.2. The number of hydrogen-bond donors (Lipinski definition) is 5. The molecule has 0 amide bonds. The summed E-state index contributed by atoms with van der Waals surface area (Å²) in [5.41, 5.74) is 14.4. The maximum absolute atomic E-state index is 11.6. The minimum atomic E-state index is -4.04. The Morgan fingerprint density at radius 1 is 0.828 bits per heavy atom. The first-order valence-electron chi connectivity index (χ1n) is 22.9. The number of aliphatic hydroxyl groups excluding tert-OH is 1.